The van der Waals surface area contributed by atoms with Crippen LogP contribution in [0.4, 0.5) is 0 Å². The van der Waals surface area contributed by atoms with Gasteiger partial charge in [0.25, 0.3) is 5.56 Å². The molecule has 2 aliphatic rings. The maximum absolute atomic E-state index is 12.9. The Kier molecular flexibility index (Phi) is 5.10. The highest BCUT2D eigenvalue weighted by Gasteiger charge is 2.43. The first-order valence-electron chi connectivity index (χ1n) is 9.75. The van der Waals surface area contributed by atoms with Crippen LogP contribution in [0.1, 0.15) is 19.3 Å². The highest BCUT2D eigenvalue weighted by Crippen LogP contribution is 2.40. The largest absolute Gasteiger partial charge is 0.343 e. The van der Waals surface area contributed by atoms with Crippen molar-refractivity contribution >= 4 is 33.4 Å². The Morgan fingerprint density at radius 3 is 2.86 bits per heavy atom. The Bertz CT molecular complexity index is 979. The van der Waals surface area contributed by atoms with Gasteiger partial charge < -0.3 is 9.80 Å². The number of nitrogens with zero attached hydrogens (tertiary/aromatic N) is 3. The summed E-state index contributed by atoms with van der Waals surface area (Å²) in [4.78, 5) is 41.5. The van der Waals surface area contributed by atoms with Crippen molar-refractivity contribution in [3.63, 3.8) is 0 Å². The lowest BCUT2D eigenvalue weighted by Crippen LogP contribution is -2.45. The molecule has 1 aliphatic heterocycles. The molecule has 0 radical (unpaired) electrons. The Morgan fingerprint density at radius 2 is 2.14 bits per heavy atom. The predicted molar refractivity (Wildman–Crippen MR) is 110 cm³/mol. The summed E-state index contributed by atoms with van der Waals surface area (Å²) in [5.74, 6) is 0.457. The van der Waals surface area contributed by atoms with Crippen LogP contribution in [0, 0.1) is 11.8 Å². The summed E-state index contributed by atoms with van der Waals surface area (Å²) < 4.78 is 2.43. The number of hydrogen-bond donors (Lipinski definition) is 0. The van der Waals surface area contributed by atoms with Gasteiger partial charge in [-0.15, -0.1) is 6.58 Å². The molecule has 148 valence electrons. The van der Waals surface area contributed by atoms with E-state index in [0.717, 1.165) is 24.0 Å². The molecule has 6 nitrogen and oxygen atoms in total. The van der Waals surface area contributed by atoms with Crippen molar-refractivity contribution in [2.24, 2.45) is 11.8 Å². The second-order valence-electron chi connectivity index (χ2n) is 7.77. The van der Waals surface area contributed by atoms with Gasteiger partial charge in [-0.25, -0.2) is 0 Å². The van der Waals surface area contributed by atoms with Crippen LogP contribution in [-0.2, 0) is 16.1 Å². The summed E-state index contributed by atoms with van der Waals surface area (Å²) in [5.41, 5.74) is -0.110. The lowest BCUT2D eigenvalue weighted by molar-refractivity contribution is -0.136. The second kappa shape index (κ2) is 7.54. The molecule has 1 saturated carbocycles. The van der Waals surface area contributed by atoms with Crippen LogP contribution in [0.3, 0.4) is 0 Å². The second-order valence-corrected chi connectivity index (χ2v) is 8.84. The van der Waals surface area contributed by atoms with Crippen LogP contribution < -0.4 is 5.56 Å². The average Bonchev–Trinajstić information content (AvgIpc) is 3.24. The third-order valence-electron chi connectivity index (χ3n) is 5.85. The van der Waals surface area contributed by atoms with E-state index < -0.39 is 0 Å². The predicted octanol–water partition coefficient (Wildman–Crippen LogP) is 2.33. The molecule has 1 aromatic heterocycles. The van der Waals surface area contributed by atoms with Crippen molar-refractivity contribution in [2.75, 3.05) is 20.1 Å². The van der Waals surface area contributed by atoms with Crippen molar-refractivity contribution in [2.45, 2.75) is 31.8 Å². The van der Waals surface area contributed by atoms with Gasteiger partial charge in [0.1, 0.15) is 6.54 Å². The number of allylic oxidation sites excluding steroid dienone is 1. The molecule has 0 spiro atoms. The van der Waals surface area contributed by atoms with Gasteiger partial charge in [0.2, 0.25) is 11.8 Å². The van der Waals surface area contributed by atoms with Crippen LogP contribution in [-0.4, -0.2) is 51.7 Å². The molecule has 1 saturated heterocycles. The van der Waals surface area contributed by atoms with Crippen LogP contribution in [0.25, 0.3) is 10.1 Å². The van der Waals surface area contributed by atoms with Gasteiger partial charge in [0, 0.05) is 32.1 Å². The van der Waals surface area contributed by atoms with E-state index in [0.29, 0.717) is 24.4 Å². The molecule has 2 heterocycles. The zero-order chi connectivity index (χ0) is 19.8. The number of fused-ring (bicyclic) bond motifs is 1. The summed E-state index contributed by atoms with van der Waals surface area (Å²) in [6.45, 7) is 5.06. The van der Waals surface area contributed by atoms with Gasteiger partial charge in [-0.05, 0) is 37.3 Å². The molecule has 1 aliphatic carbocycles. The fraction of sp³-hybridized carbons (Fsp3) is 0.476. The number of carbonyl (C=O) groups is 2. The summed E-state index contributed by atoms with van der Waals surface area (Å²) in [5, 5.41) is 0.657. The zero-order valence-corrected chi connectivity index (χ0v) is 16.9. The fourth-order valence-electron chi connectivity index (χ4n) is 4.14. The number of benzene rings is 1. The van der Waals surface area contributed by atoms with E-state index in [1.165, 1.54) is 15.5 Å². The normalized spacial score (nSPS) is 23.8. The minimum Gasteiger partial charge on any atom is -0.343 e. The monoisotopic (exact) mass is 399 g/mol. The van der Waals surface area contributed by atoms with E-state index in [4.69, 9.17) is 0 Å². The molecule has 0 bridgehead atoms. The van der Waals surface area contributed by atoms with Crippen molar-refractivity contribution < 1.29 is 9.59 Å². The summed E-state index contributed by atoms with van der Waals surface area (Å²) in [6, 6.07) is 7.44. The van der Waals surface area contributed by atoms with E-state index in [2.05, 4.69) is 6.58 Å². The molecule has 1 aromatic carbocycles. The quantitative estimate of drug-likeness (QED) is 0.701. The Morgan fingerprint density at radius 1 is 1.36 bits per heavy atom. The van der Waals surface area contributed by atoms with Crippen LogP contribution >= 0.6 is 11.5 Å². The first-order chi connectivity index (χ1) is 13.5. The first-order valence-corrected chi connectivity index (χ1v) is 10.5. The van der Waals surface area contributed by atoms with E-state index in [1.807, 2.05) is 36.2 Å². The fourth-order valence-corrected chi connectivity index (χ4v) is 5.12. The summed E-state index contributed by atoms with van der Waals surface area (Å²) in [6.07, 6.45) is 4.55. The standard InChI is InChI=1S/C21H25N3O3S/c1-3-14-11-17(14)20(26)22(2)12-15-7-6-10-23(15)19(25)13-24-21(27)16-8-4-5-9-18(16)28-24/h3-5,8-9,14-15,17H,1,6-7,10-13H2,2H3/t14-,15+,17+/m0/s1. The molecule has 28 heavy (non-hydrogen) atoms. The van der Waals surface area contributed by atoms with Gasteiger partial charge in [-0.3, -0.25) is 18.3 Å². The number of likely N-dealkylation sites (N-methyl/N-ethyl adjacent to an activating group) is 1. The lowest BCUT2D eigenvalue weighted by Gasteiger charge is -2.29. The van der Waals surface area contributed by atoms with Crippen molar-refractivity contribution in [3.05, 3.63) is 47.3 Å². The number of aromatic nitrogens is 1. The number of rotatable bonds is 6. The van der Waals surface area contributed by atoms with Crippen LogP contribution in [0.2, 0.25) is 0 Å². The summed E-state index contributed by atoms with van der Waals surface area (Å²) in [7, 11) is 1.82. The molecule has 4 rings (SSSR count). The molecule has 0 unspecified atom stereocenters. The molecule has 7 heteroatoms. The maximum atomic E-state index is 12.9. The molecular weight excluding hydrogens is 374 g/mol. The Balaban J connectivity index is 1.42. The van der Waals surface area contributed by atoms with Crippen LogP contribution in [0.5, 0.6) is 0 Å². The SMILES string of the molecule is C=C[C@H]1C[C@H]1C(=O)N(C)C[C@H]1CCCN1C(=O)Cn1sc2ccccc2c1=O. The van der Waals surface area contributed by atoms with Crippen molar-refractivity contribution in [3.8, 4) is 0 Å². The number of amides is 2. The van der Waals surface area contributed by atoms with Gasteiger partial charge in [0.05, 0.1) is 10.1 Å². The molecule has 2 amide bonds. The lowest BCUT2D eigenvalue weighted by atomic mass is 10.2. The Hall–Kier alpha value is -2.41. The number of hydrogen-bond acceptors (Lipinski definition) is 4. The van der Waals surface area contributed by atoms with Gasteiger partial charge in [0.15, 0.2) is 0 Å². The Labute approximate surface area is 168 Å². The minimum absolute atomic E-state index is 0.0208. The topological polar surface area (TPSA) is 62.6 Å². The van der Waals surface area contributed by atoms with E-state index in [9.17, 15) is 14.4 Å². The first kappa shape index (κ1) is 18.9. The van der Waals surface area contributed by atoms with Gasteiger partial charge in [-0.1, -0.05) is 29.7 Å². The van der Waals surface area contributed by atoms with E-state index in [-0.39, 0.29) is 35.9 Å². The molecule has 2 fully saturated rings. The molecule has 3 atom stereocenters. The third kappa shape index (κ3) is 3.51. The zero-order valence-electron chi connectivity index (χ0n) is 16.0. The number of carbonyl (C=O) groups excluding carboxylic acids is 2. The van der Waals surface area contributed by atoms with Crippen LogP contribution in [0.15, 0.2) is 41.7 Å². The highest BCUT2D eigenvalue weighted by atomic mass is 32.1. The molecular formula is C21H25N3O3S. The maximum Gasteiger partial charge on any atom is 0.268 e. The van der Waals surface area contributed by atoms with Crippen molar-refractivity contribution in [1.82, 2.24) is 13.8 Å². The average molecular weight is 400 g/mol. The molecule has 2 aromatic rings. The molecule has 0 N–H and O–H groups in total. The van der Waals surface area contributed by atoms with Gasteiger partial charge in [-0.2, -0.15) is 0 Å². The van der Waals surface area contributed by atoms with E-state index in [1.54, 1.807) is 11.0 Å². The smallest absolute Gasteiger partial charge is 0.268 e. The number of likely N-dealkylation sites (tertiary alicyclic amines) is 1. The van der Waals surface area contributed by atoms with Gasteiger partial charge >= 0.3 is 0 Å². The van der Waals surface area contributed by atoms with E-state index >= 15 is 0 Å². The highest BCUT2D eigenvalue weighted by molar-refractivity contribution is 7.13. The third-order valence-corrected chi connectivity index (χ3v) is 6.92. The minimum atomic E-state index is -0.110. The summed E-state index contributed by atoms with van der Waals surface area (Å²) >= 11 is 1.33. The van der Waals surface area contributed by atoms with Crippen molar-refractivity contribution in [1.29, 1.82) is 0 Å².